The molecule has 0 radical (unpaired) electrons. The Morgan fingerprint density at radius 1 is 1.15 bits per heavy atom. The van der Waals surface area contributed by atoms with E-state index in [-0.39, 0.29) is 18.1 Å². The Morgan fingerprint density at radius 3 is 2.74 bits per heavy atom. The van der Waals surface area contributed by atoms with Gasteiger partial charge in [-0.25, -0.2) is 9.97 Å². The van der Waals surface area contributed by atoms with Gasteiger partial charge in [0.2, 0.25) is 5.91 Å². The lowest BCUT2D eigenvalue weighted by Crippen LogP contribution is -2.40. The molecule has 1 aliphatic carbocycles. The van der Waals surface area contributed by atoms with E-state index in [4.69, 9.17) is 4.74 Å². The second-order valence-electron chi connectivity index (χ2n) is 6.68. The molecule has 0 saturated heterocycles. The van der Waals surface area contributed by atoms with Crippen LogP contribution < -0.4 is 10.1 Å². The molecule has 0 spiro atoms. The average molecular weight is 382 g/mol. The first kappa shape index (κ1) is 17.9. The van der Waals surface area contributed by atoms with Crippen LogP contribution in [0.25, 0.3) is 10.9 Å². The van der Waals surface area contributed by atoms with Crippen molar-refractivity contribution in [2.45, 2.75) is 42.7 Å². The van der Waals surface area contributed by atoms with Gasteiger partial charge in [-0.3, -0.25) is 4.79 Å². The number of nitrogens with one attached hydrogen (secondary N) is 2. The predicted octanol–water partition coefficient (Wildman–Crippen LogP) is 3.56. The Balaban J connectivity index is 1.21. The molecule has 0 atom stereocenters. The van der Waals surface area contributed by atoms with E-state index in [1.165, 1.54) is 0 Å². The predicted molar refractivity (Wildman–Crippen MR) is 106 cm³/mol. The van der Waals surface area contributed by atoms with Crippen LogP contribution in [-0.2, 0) is 4.79 Å². The summed E-state index contributed by atoms with van der Waals surface area (Å²) in [7, 11) is 0. The molecule has 27 heavy (non-hydrogen) atoms. The van der Waals surface area contributed by atoms with Gasteiger partial charge in [0.15, 0.2) is 0 Å². The van der Waals surface area contributed by atoms with E-state index in [9.17, 15) is 4.79 Å². The minimum Gasteiger partial charge on any atom is -0.460 e. The summed E-state index contributed by atoms with van der Waals surface area (Å²) in [4.78, 5) is 24.9. The third-order valence-corrected chi connectivity index (χ3v) is 5.82. The van der Waals surface area contributed by atoms with Crippen LogP contribution in [-0.4, -0.2) is 38.8 Å². The Morgan fingerprint density at radius 2 is 1.93 bits per heavy atom. The third kappa shape index (κ3) is 4.60. The summed E-state index contributed by atoms with van der Waals surface area (Å²) >= 11 is 1.57. The van der Waals surface area contributed by atoms with E-state index in [2.05, 4.69) is 26.3 Å². The summed E-state index contributed by atoms with van der Waals surface area (Å²) in [6, 6.07) is 10.6. The Labute approximate surface area is 162 Å². The number of thioether (sulfide) groups is 1. The van der Waals surface area contributed by atoms with Crippen molar-refractivity contribution in [2.75, 3.05) is 5.75 Å². The van der Waals surface area contributed by atoms with Gasteiger partial charge in [0.05, 0.1) is 5.75 Å². The zero-order valence-electron chi connectivity index (χ0n) is 14.9. The number of para-hydroxylation sites is 1. The van der Waals surface area contributed by atoms with Crippen molar-refractivity contribution >= 4 is 28.6 Å². The van der Waals surface area contributed by atoms with Gasteiger partial charge in [-0.05, 0) is 37.8 Å². The molecule has 1 saturated carbocycles. The fraction of sp³-hybridized carbons (Fsp3) is 0.350. The van der Waals surface area contributed by atoms with Gasteiger partial charge in [-0.15, -0.1) is 11.8 Å². The zero-order valence-corrected chi connectivity index (χ0v) is 15.7. The number of H-pyrrole nitrogens is 1. The summed E-state index contributed by atoms with van der Waals surface area (Å²) < 4.78 is 5.80. The topological polar surface area (TPSA) is 79.9 Å². The van der Waals surface area contributed by atoms with Gasteiger partial charge in [0.25, 0.3) is 0 Å². The molecule has 3 aromatic rings. The highest BCUT2D eigenvalue weighted by atomic mass is 32.2. The van der Waals surface area contributed by atoms with Gasteiger partial charge in [-0.2, -0.15) is 0 Å². The molecule has 1 aromatic carbocycles. The summed E-state index contributed by atoms with van der Waals surface area (Å²) in [5, 5.41) is 4.32. The first-order valence-electron chi connectivity index (χ1n) is 9.20. The van der Waals surface area contributed by atoms with Crippen LogP contribution in [0.3, 0.4) is 0 Å². The molecular formula is C20H22N4O2S. The number of benzene rings is 1. The lowest BCUT2D eigenvalue weighted by Gasteiger charge is -2.28. The molecule has 2 heterocycles. The third-order valence-electron chi connectivity index (χ3n) is 4.76. The van der Waals surface area contributed by atoms with E-state index < -0.39 is 0 Å². The minimum atomic E-state index is 0.0843. The first-order valence-corrected chi connectivity index (χ1v) is 10.2. The monoisotopic (exact) mass is 382 g/mol. The van der Waals surface area contributed by atoms with Crippen LogP contribution >= 0.6 is 11.8 Å². The second kappa shape index (κ2) is 8.43. The van der Waals surface area contributed by atoms with Gasteiger partial charge in [-0.1, -0.05) is 18.2 Å². The van der Waals surface area contributed by atoms with Crippen LogP contribution in [0.5, 0.6) is 6.01 Å². The fourth-order valence-corrected chi connectivity index (χ4v) is 4.24. The molecule has 0 unspecified atom stereocenters. The SMILES string of the molecule is O=C(CSc1c[nH]c2ccccc12)NC1CCC(Oc2ncccn2)CC1. The molecular weight excluding hydrogens is 360 g/mol. The number of carbonyl (C=O) groups excluding carboxylic acids is 1. The van der Waals surface area contributed by atoms with E-state index in [1.54, 1.807) is 30.2 Å². The number of hydrogen-bond donors (Lipinski definition) is 2. The highest BCUT2D eigenvalue weighted by Crippen LogP contribution is 2.28. The smallest absolute Gasteiger partial charge is 0.316 e. The number of rotatable bonds is 6. The molecule has 6 nitrogen and oxygen atoms in total. The highest BCUT2D eigenvalue weighted by Gasteiger charge is 2.24. The van der Waals surface area contributed by atoms with Crippen LogP contribution in [0, 0.1) is 0 Å². The molecule has 1 aliphatic rings. The maximum Gasteiger partial charge on any atom is 0.316 e. The van der Waals surface area contributed by atoms with Crippen molar-refractivity contribution in [1.29, 1.82) is 0 Å². The Bertz CT molecular complexity index is 891. The number of ether oxygens (including phenoxy) is 1. The van der Waals surface area contributed by atoms with Gasteiger partial charge in [0, 0.05) is 40.4 Å². The van der Waals surface area contributed by atoms with Crippen molar-refractivity contribution in [3.05, 3.63) is 48.9 Å². The highest BCUT2D eigenvalue weighted by molar-refractivity contribution is 8.00. The number of nitrogens with zero attached hydrogens (tertiary/aromatic N) is 2. The molecule has 4 rings (SSSR count). The molecule has 2 aromatic heterocycles. The quantitative estimate of drug-likeness (QED) is 0.637. The molecule has 140 valence electrons. The van der Waals surface area contributed by atoms with E-state index >= 15 is 0 Å². The largest absolute Gasteiger partial charge is 0.460 e. The lowest BCUT2D eigenvalue weighted by atomic mass is 9.93. The first-order chi connectivity index (χ1) is 13.3. The lowest BCUT2D eigenvalue weighted by molar-refractivity contribution is -0.119. The minimum absolute atomic E-state index is 0.0843. The van der Waals surface area contributed by atoms with E-state index in [0.717, 1.165) is 41.5 Å². The standard InChI is InChI=1S/C20H22N4O2S/c25-19(13-27-18-12-23-17-5-2-1-4-16(17)18)24-14-6-8-15(9-7-14)26-20-21-10-3-11-22-20/h1-5,10-12,14-15,23H,6-9,13H2,(H,24,25). The Kier molecular flexibility index (Phi) is 5.58. The molecule has 2 N–H and O–H groups in total. The van der Waals surface area contributed by atoms with Crippen molar-refractivity contribution in [1.82, 2.24) is 20.3 Å². The normalized spacial score (nSPS) is 19.7. The molecule has 7 heteroatoms. The van der Waals surface area contributed by atoms with Crippen LogP contribution in [0.2, 0.25) is 0 Å². The van der Waals surface area contributed by atoms with Crippen LogP contribution in [0.15, 0.2) is 53.8 Å². The molecule has 0 aliphatic heterocycles. The number of fused-ring (bicyclic) bond motifs is 1. The van der Waals surface area contributed by atoms with Crippen LogP contribution in [0.4, 0.5) is 0 Å². The summed E-state index contributed by atoms with van der Waals surface area (Å²) in [6.07, 6.45) is 9.09. The second-order valence-corrected chi connectivity index (χ2v) is 7.69. The summed E-state index contributed by atoms with van der Waals surface area (Å²) in [5.41, 5.74) is 1.10. The van der Waals surface area contributed by atoms with Gasteiger partial charge < -0.3 is 15.0 Å². The Hall–Kier alpha value is -2.54. The number of aromatic nitrogens is 3. The zero-order chi connectivity index (χ0) is 18.5. The average Bonchev–Trinajstić information content (AvgIpc) is 3.12. The van der Waals surface area contributed by atoms with Crippen molar-refractivity contribution in [3.63, 3.8) is 0 Å². The summed E-state index contributed by atoms with van der Waals surface area (Å²) in [5.74, 6) is 0.511. The van der Waals surface area contributed by atoms with Crippen molar-refractivity contribution < 1.29 is 9.53 Å². The molecule has 1 amide bonds. The van der Waals surface area contributed by atoms with Gasteiger partial charge >= 0.3 is 6.01 Å². The van der Waals surface area contributed by atoms with Crippen LogP contribution in [0.1, 0.15) is 25.7 Å². The number of amides is 1. The molecule has 0 bridgehead atoms. The van der Waals surface area contributed by atoms with Crippen molar-refractivity contribution in [2.24, 2.45) is 0 Å². The molecule has 1 fully saturated rings. The van der Waals surface area contributed by atoms with E-state index in [0.29, 0.717) is 11.8 Å². The maximum atomic E-state index is 12.3. The van der Waals surface area contributed by atoms with Gasteiger partial charge in [0.1, 0.15) is 6.10 Å². The number of aromatic amines is 1. The summed E-state index contributed by atoms with van der Waals surface area (Å²) in [6.45, 7) is 0. The van der Waals surface area contributed by atoms with Crippen molar-refractivity contribution in [3.8, 4) is 6.01 Å². The maximum absolute atomic E-state index is 12.3. The fourth-order valence-electron chi connectivity index (χ4n) is 3.40. The van der Waals surface area contributed by atoms with E-state index in [1.807, 2.05) is 24.4 Å². The number of hydrogen-bond acceptors (Lipinski definition) is 5. The number of carbonyl (C=O) groups is 1.